The Balaban J connectivity index is 5.78. The fourth-order valence-electron chi connectivity index (χ4n) is 11.0. The second-order valence-corrected chi connectivity index (χ2v) is 24.1. The lowest BCUT2D eigenvalue weighted by Crippen LogP contribution is -2.50. The van der Waals surface area contributed by atoms with Crippen LogP contribution < -0.4 is 26.6 Å². The van der Waals surface area contributed by atoms with Crippen LogP contribution >= 0.6 is 0 Å². The second kappa shape index (κ2) is 54.7. The van der Waals surface area contributed by atoms with Gasteiger partial charge in [0.1, 0.15) is 0 Å². The molecule has 0 saturated carbocycles. The first-order valence-corrected chi connectivity index (χ1v) is 33.7. The molecule has 16 heteroatoms. The summed E-state index contributed by atoms with van der Waals surface area (Å²) in [6.07, 6.45) is 40.7. The zero-order valence-corrected chi connectivity index (χ0v) is 52.6. The molecule has 0 aromatic carbocycles. The Labute approximate surface area is 498 Å². The van der Waals surface area contributed by atoms with Gasteiger partial charge in [-0.3, -0.25) is 38.4 Å². The van der Waals surface area contributed by atoms with E-state index in [-0.39, 0.29) is 100 Å². The quantitative estimate of drug-likeness (QED) is 0.0266. The summed E-state index contributed by atoms with van der Waals surface area (Å²) in [4.78, 5) is 102. The first kappa shape index (κ1) is 77.8. The molecule has 16 nitrogen and oxygen atoms in total. The van der Waals surface area contributed by atoms with Crippen LogP contribution in [0.5, 0.6) is 0 Å². The maximum Gasteiger partial charge on any atom is 0.303 e. The molecule has 0 fully saturated rings. The normalized spacial score (nSPS) is 11.5. The third-order valence-electron chi connectivity index (χ3n) is 16.4. The summed E-state index contributed by atoms with van der Waals surface area (Å²) in [6.45, 7) is 8.46. The summed E-state index contributed by atoms with van der Waals surface area (Å²) in [5, 5.41) is 43.4. The van der Waals surface area contributed by atoms with Crippen molar-refractivity contribution in [2.24, 2.45) is 0 Å². The molecule has 0 heterocycles. The molecule has 0 atom stereocenters. The first-order chi connectivity index (χ1) is 39.6. The van der Waals surface area contributed by atoms with E-state index in [0.717, 1.165) is 77.0 Å². The Morgan fingerprint density at radius 3 is 0.659 bits per heavy atom. The lowest BCUT2D eigenvalue weighted by atomic mass is 9.82. The third kappa shape index (κ3) is 50.3. The Morgan fingerprint density at radius 2 is 0.439 bits per heavy atom. The summed E-state index contributed by atoms with van der Waals surface area (Å²) in [5.74, 6) is -4.25. The van der Waals surface area contributed by atoms with E-state index >= 15 is 0 Å². The summed E-state index contributed by atoms with van der Waals surface area (Å²) < 4.78 is 0. The maximum absolute atomic E-state index is 14.0. The van der Waals surface area contributed by atoms with Crippen LogP contribution in [0.15, 0.2) is 0 Å². The van der Waals surface area contributed by atoms with Crippen LogP contribution in [-0.4, -0.2) is 93.5 Å². The van der Waals surface area contributed by atoms with E-state index in [1.54, 1.807) is 0 Å². The number of carboxylic acids is 3. The molecule has 5 amide bonds. The Kier molecular flexibility index (Phi) is 51.9. The van der Waals surface area contributed by atoms with E-state index in [1.807, 2.05) is 0 Å². The topological polar surface area (TPSA) is 257 Å². The van der Waals surface area contributed by atoms with E-state index in [0.29, 0.717) is 58.2 Å². The van der Waals surface area contributed by atoms with Gasteiger partial charge in [0.2, 0.25) is 29.5 Å². The molecule has 478 valence electrons. The molecule has 0 aliphatic rings. The molecule has 82 heavy (non-hydrogen) atoms. The fourth-order valence-corrected chi connectivity index (χ4v) is 11.0. The van der Waals surface area contributed by atoms with E-state index in [2.05, 4.69) is 47.4 Å². The summed E-state index contributed by atoms with van der Waals surface area (Å²) in [6, 6.07) is 0. The molecule has 0 rings (SSSR count). The Morgan fingerprint density at radius 1 is 0.244 bits per heavy atom. The first-order valence-electron chi connectivity index (χ1n) is 33.7. The standard InChI is InChI=1S/C66H123N5O11/c1-4-7-10-13-16-19-22-27-32-37-54-67-57(72)42-48-65(49-43-58(73)68-55-38-33-28-23-20-17-14-11-8-5-2,50-44-59(74)69-56-39-34-29-24-21-18-15-12-9-6-3)70-60(75)40-35-30-25-26-31-36-41-61(76)71-66(51-45-62(77)78,52-46-63(79)80)53-47-64(81)82/h4-56H2,1-3H3,(H,67,72)(H,68,73)(H,69,74)(H,70,75)(H,71,76)(H,77,78)(H,79,80)(H,81,82). The highest BCUT2D eigenvalue weighted by Gasteiger charge is 2.35. The van der Waals surface area contributed by atoms with Gasteiger partial charge in [0.15, 0.2) is 0 Å². The number of unbranched alkanes of at least 4 members (excludes halogenated alkanes) is 32. The molecule has 0 unspecified atom stereocenters. The molecular formula is C66H123N5O11. The van der Waals surface area contributed by atoms with Gasteiger partial charge in [-0.05, 0) is 70.6 Å². The van der Waals surface area contributed by atoms with Crippen LogP contribution in [-0.2, 0) is 38.4 Å². The van der Waals surface area contributed by atoms with Crippen LogP contribution in [0.25, 0.3) is 0 Å². The van der Waals surface area contributed by atoms with Gasteiger partial charge in [-0.25, -0.2) is 0 Å². The molecule has 0 saturated heterocycles. The molecule has 0 bridgehead atoms. The number of amides is 5. The average Bonchev–Trinajstić information content (AvgIpc) is 3.52. The van der Waals surface area contributed by atoms with Crippen molar-refractivity contribution in [3.63, 3.8) is 0 Å². The number of carboxylic acid groups (broad SMARTS) is 3. The van der Waals surface area contributed by atoms with Crippen molar-refractivity contribution < 1.29 is 53.7 Å². The monoisotopic (exact) mass is 1160 g/mol. The molecule has 0 radical (unpaired) electrons. The van der Waals surface area contributed by atoms with Crippen LogP contribution in [0.2, 0.25) is 0 Å². The van der Waals surface area contributed by atoms with Gasteiger partial charge in [-0.15, -0.1) is 0 Å². The molecule has 8 N–H and O–H groups in total. The second-order valence-electron chi connectivity index (χ2n) is 24.1. The number of hydrogen-bond acceptors (Lipinski definition) is 8. The van der Waals surface area contributed by atoms with Gasteiger partial charge < -0.3 is 41.9 Å². The number of hydrogen-bond donors (Lipinski definition) is 8. The molecule has 0 aromatic rings. The smallest absolute Gasteiger partial charge is 0.303 e. The van der Waals surface area contributed by atoms with Crippen LogP contribution in [0.1, 0.15) is 342 Å². The lowest BCUT2D eigenvalue weighted by molar-refractivity contribution is -0.139. The molecule has 0 aromatic heterocycles. The van der Waals surface area contributed by atoms with Gasteiger partial charge >= 0.3 is 17.9 Å². The number of aliphatic carboxylic acids is 3. The van der Waals surface area contributed by atoms with Gasteiger partial charge in [-0.1, -0.05) is 220 Å². The van der Waals surface area contributed by atoms with Crippen molar-refractivity contribution in [2.75, 3.05) is 19.6 Å². The van der Waals surface area contributed by atoms with Crippen LogP contribution in [0.3, 0.4) is 0 Å². The Bertz CT molecular complexity index is 1510. The van der Waals surface area contributed by atoms with Crippen molar-refractivity contribution in [3.05, 3.63) is 0 Å². The summed E-state index contributed by atoms with van der Waals surface area (Å²) in [7, 11) is 0. The largest absolute Gasteiger partial charge is 0.481 e. The minimum absolute atomic E-state index is 0.0816. The summed E-state index contributed by atoms with van der Waals surface area (Å²) in [5.41, 5.74) is -2.22. The van der Waals surface area contributed by atoms with E-state index in [1.165, 1.54) is 135 Å². The highest BCUT2D eigenvalue weighted by Crippen LogP contribution is 2.29. The van der Waals surface area contributed by atoms with Gasteiger partial charge in [0, 0.05) is 82.1 Å². The van der Waals surface area contributed by atoms with Crippen molar-refractivity contribution in [1.29, 1.82) is 0 Å². The molecule has 0 aliphatic carbocycles. The van der Waals surface area contributed by atoms with Crippen molar-refractivity contribution >= 4 is 47.4 Å². The number of rotatable bonds is 62. The zero-order valence-electron chi connectivity index (χ0n) is 52.6. The zero-order chi connectivity index (χ0) is 60.6. The SMILES string of the molecule is CCCCCCCCCCCCNC(=O)CCC(CCC(=O)NCCCCCCCCCCCC)(CCC(=O)NCCCCCCCCCCCC)NC(=O)CCCCCCCCC(=O)NC(CCC(=O)O)(CCC(=O)O)CCC(=O)O. The predicted octanol–water partition coefficient (Wildman–Crippen LogP) is 14.9. The van der Waals surface area contributed by atoms with E-state index in [9.17, 15) is 53.7 Å². The lowest BCUT2D eigenvalue weighted by Gasteiger charge is -2.35. The van der Waals surface area contributed by atoms with Crippen molar-refractivity contribution in [3.8, 4) is 0 Å². The van der Waals surface area contributed by atoms with Gasteiger partial charge in [0.05, 0.1) is 0 Å². The third-order valence-corrected chi connectivity index (χ3v) is 16.4. The number of carbonyl (C=O) groups is 8. The fraction of sp³-hybridized carbons (Fsp3) is 0.879. The van der Waals surface area contributed by atoms with Crippen molar-refractivity contribution in [1.82, 2.24) is 26.6 Å². The highest BCUT2D eigenvalue weighted by molar-refractivity contribution is 5.80. The minimum Gasteiger partial charge on any atom is -0.481 e. The highest BCUT2D eigenvalue weighted by atomic mass is 16.4. The molecule has 0 aliphatic heterocycles. The molecule has 0 spiro atoms. The van der Waals surface area contributed by atoms with Gasteiger partial charge in [-0.2, -0.15) is 0 Å². The van der Waals surface area contributed by atoms with Gasteiger partial charge in [0.25, 0.3) is 0 Å². The Hall–Kier alpha value is -4.24. The number of carbonyl (C=O) groups excluding carboxylic acids is 5. The molecular weight excluding hydrogens is 1040 g/mol. The maximum atomic E-state index is 14.0. The predicted molar refractivity (Wildman–Crippen MR) is 332 cm³/mol. The van der Waals surface area contributed by atoms with Crippen LogP contribution in [0.4, 0.5) is 0 Å². The van der Waals surface area contributed by atoms with E-state index < -0.39 is 29.0 Å². The average molecular weight is 1160 g/mol. The number of nitrogens with one attached hydrogen (secondary N) is 5. The summed E-state index contributed by atoms with van der Waals surface area (Å²) >= 11 is 0. The minimum atomic E-state index is -1.26. The van der Waals surface area contributed by atoms with Crippen molar-refractivity contribution in [2.45, 2.75) is 353 Å². The van der Waals surface area contributed by atoms with E-state index in [4.69, 9.17) is 0 Å². The van der Waals surface area contributed by atoms with Crippen LogP contribution in [0, 0.1) is 0 Å².